The van der Waals surface area contributed by atoms with Gasteiger partial charge in [0.25, 0.3) is 0 Å². The molecule has 4 nitrogen and oxygen atoms in total. The zero-order chi connectivity index (χ0) is 12.7. The van der Waals surface area contributed by atoms with Crippen molar-refractivity contribution in [3.8, 4) is 0 Å². The zero-order valence-corrected chi connectivity index (χ0v) is 11.4. The molecule has 4 heterocycles. The fourth-order valence-electron chi connectivity index (χ4n) is 3.62. The van der Waals surface area contributed by atoms with E-state index in [-0.39, 0.29) is 0 Å². The monoisotopic (exact) mass is 258 g/mol. The molecule has 0 atom stereocenters. The van der Waals surface area contributed by atoms with Crippen molar-refractivity contribution in [1.29, 1.82) is 0 Å². The van der Waals surface area contributed by atoms with Crippen LogP contribution in [0.1, 0.15) is 24.1 Å². The van der Waals surface area contributed by atoms with Gasteiger partial charge in [0, 0.05) is 38.1 Å². The first-order chi connectivity index (χ1) is 9.33. The third-order valence-electron chi connectivity index (χ3n) is 4.85. The Kier molecular flexibility index (Phi) is 2.74. The van der Waals surface area contributed by atoms with Gasteiger partial charge < -0.3 is 10.6 Å². The largest absolute Gasteiger partial charge is 0.370 e. The Labute approximate surface area is 114 Å². The molecule has 4 rings (SSSR count). The summed E-state index contributed by atoms with van der Waals surface area (Å²) in [5.74, 6) is 1.13. The molecule has 19 heavy (non-hydrogen) atoms. The van der Waals surface area contributed by atoms with Gasteiger partial charge in [-0.2, -0.15) is 0 Å². The summed E-state index contributed by atoms with van der Waals surface area (Å²) in [6.07, 6.45) is 3.76. The van der Waals surface area contributed by atoms with Crippen LogP contribution >= 0.6 is 0 Å². The maximum absolute atomic E-state index is 4.80. The molecule has 1 aromatic rings. The van der Waals surface area contributed by atoms with E-state index in [4.69, 9.17) is 4.98 Å². The predicted octanol–water partition coefficient (Wildman–Crippen LogP) is 1.23. The van der Waals surface area contributed by atoms with Gasteiger partial charge in [0.05, 0.1) is 5.69 Å². The summed E-state index contributed by atoms with van der Waals surface area (Å²) in [4.78, 5) is 7.37. The van der Waals surface area contributed by atoms with E-state index in [1.807, 2.05) is 0 Å². The lowest BCUT2D eigenvalue weighted by molar-refractivity contribution is 0.166. The average molecular weight is 258 g/mol. The molecule has 4 heteroatoms. The summed E-state index contributed by atoms with van der Waals surface area (Å²) in [6, 6.07) is 4.48. The normalized spacial score (nSPS) is 24.8. The number of aryl methyl sites for hydroxylation is 1. The molecule has 0 bridgehead atoms. The number of likely N-dealkylation sites (tertiary alicyclic amines) is 1. The molecule has 1 aromatic heterocycles. The Balaban J connectivity index is 1.45. The number of pyridine rings is 1. The summed E-state index contributed by atoms with van der Waals surface area (Å²) in [5.41, 5.74) is 3.19. The number of nitrogens with zero attached hydrogens (tertiary/aromatic N) is 2. The highest BCUT2D eigenvalue weighted by molar-refractivity contribution is 5.46. The van der Waals surface area contributed by atoms with Gasteiger partial charge in [-0.1, -0.05) is 6.07 Å². The van der Waals surface area contributed by atoms with Gasteiger partial charge in [-0.3, -0.25) is 4.90 Å². The number of nitrogens with one attached hydrogen (secondary N) is 2. The van der Waals surface area contributed by atoms with E-state index in [1.165, 1.54) is 56.7 Å². The molecule has 0 aliphatic carbocycles. The molecule has 0 saturated carbocycles. The second-order valence-corrected chi connectivity index (χ2v) is 6.40. The molecule has 2 saturated heterocycles. The number of anilines is 1. The molecule has 102 valence electrons. The first kappa shape index (κ1) is 11.7. The van der Waals surface area contributed by atoms with E-state index in [1.54, 1.807) is 0 Å². The standard InChI is InChI=1S/C15H22N4/c1-2-12-3-4-13(18-14(12)17-6-1)8-19-7-5-15(11-19)9-16-10-15/h3-4,16H,1-2,5-11H2,(H,17,18). The topological polar surface area (TPSA) is 40.2 Å². The smallest absolute Gasteiger partial charge is 0.129 e. The van der Waals surface area contributed by atoms with Crippen LogP contribution in [0.5, 0.6) is 0 Å². The third kappa shape index (κ3) is 2.13. The first-order valence-electron chi connectivity index (χ1n) is 7.49. The van der Waals surface area contributed by atoms with Crippen LogP contribution in [0.25, 0.3) is 0 Å². The number of aromatic nitrogens is 1. The highest BCUT2D eigenvalue weighted by Crippen LogP contribution is 2.34. The second kappa shape index (κ2) is 4.46. The van der Waals surface area contributed by atoms with Crippen LogP contribution in [0, 0.1) is 5.41 Å². The summed E-state index contributed by atoms with van der Waals surface area (Å²) in [7, 11) is 0. The molecule has 3 aliphatic heterocycles. The summed E-state index contributed by atoms with van der Waals surface area (Å²) >= 11 is 0. The fourth-order valence-corrected chi connectivity index (χ4v) is 3.62. The van der Waals surface area contributed by atoms with Gasteiger partial charge in [0.1, 0.15) is 5.82 Å². The Morgan fingerprint density at radius 2 is 2.26 bits per heavy atom. The first-order valence-corrected chi connectivity index (χ1v) is 7.49. The van der Waals surface area contributed by atoms with Crippen LogP contribution in [-0.4, -0.2) is 42.6 Å². The minimum absolute atomic E-state index is 0.590. The minimum atomic E-state index is 0.590. The van der Waals surface area contributed by atoms with Gasteiger partial charge in [-0.05, 0) is 37.4 Å². The van der Waals surface area contributed by atoms with Gasteiger partial charge in [0.15, 0.2) is 0 Å². The van der Waals surface area contributed by atoms with Crippen molar-refractivity contribution in [2.24, 2.45) is 5.41 Å². The molecular formula is C15H22N4. The zero-order valence-electron chi connectivity index (χ0n) is 11.4. The van der Waals surface area contributed by atoms with E-state index in [0.29, 0.717) is 5.41 Å². The Bertz CT molecular complexity index is 481. The van der Waals surface area contributed by atoms with Crippen LogP contribution in [0.3, 0.4) is 0 Å². The molecule has 1 spiro atoms. The van der Waals surface area contributed by atoms with Crippen molar-refractivity contribution in [3.63, 3.8) is 0 Å². The highest BCUT2D eigenvalue weighted by atomic mass is 15.2. The molecule has 3 aliphatic rings. The molecule has 2 N–H and O–H groups in total. The summed E-state index contributed by atoms with van der Waals surface area (Å²) in [6.45, 7) is 6.98. The number of hydrogen-bond donors (Lipinski definition) is 2. The third-order valence-corrected chi connectivity index (χ3v) is 4.85. The number of fused-ring (bicyclic) bond motifs is 1. The molecule has 0 amide bonds. The number of hydrogen-bond acceptors (Lipinski definition) is 4. The maximum Gasteiger partial charge on any atom is 0.129 e. The molecule has 0 unspecified atom stereocenters. The van der Waals surface area contributed by atoms with Gasteiger partial charge >= 0.3 is 0 Å². The highest BCUT2D eigenvalue weighted by Gasteiger charge is 2.42. The Hall–Kier alpha value is -1.13. The average Bonchev–Trinajstić information content (AvgIpc) is 2.83. The summed E-state index contributed by atoms with van der Waals surface area (Å²) < 4.78 is 0. The van der Waals surface area contributed by atoms with Crippen molar-refractivity contribution < 1.29 is 0 Å². The Morgan fingerprint density at radius 1 is 1.32 bits per heavy atom. The fraction of sp³-hybridized carbons (Fsp3) is 0.667. The van der Waals surface area contributed by atoms with Gasteiger partial charge in [-0.25, -0.2) is 4.98 Å². The Morgan fingerprint density at radius 3 is 3.05 bits per heavy atom. The van der Waals surface area contributed by atoms with E-state index in [0.717, 1.165) is 18.9 Å². The van der Waals surface area contributed by atoms with E-state index in [2.05, 4.69) is 27.7 Å². The minimum Gasteiger partial charge on any atom is -0.370 e. The lowest BCUT2D eigenvalue weighted by atomic mass is 9.81. The van der Waals surface area contributed by atoms with Crippen molar-refractivity contribution in [1.82, 2.24) is 15.2 Å². The van der Waals surface area contributed by atoms with Crippen molar-refractivity contribution >= 4 is 5.82 Å². The lowest BCUT2D eigenvalue weighted by Gasteiger charge is -2.39. The second-order valence-electron chi connectivity index (χ2n) is 6.40. The lowest BCUT2D eigenvalue weighted by Crippen LogP contribution is -2.54. The summed E-state index contributed by atoms with van der Waals surface area (Å²) in [5, 5.41) is 6.84. The van der Waals surface area contributed by atoms with E-state index in [9.17, 15) is 0 Å². The maximum atomic E-state index is 4.80. The predicted molar refractivity (Wildman–Crippen MR) is 76.2 cm³/mol. The SMILES string of the molecule is c1cc2c(nc1CN1CCC3(CNC3)C1)NCCC2. The molecule has 2 fully saturated rings. The molecule has 0 aromatic carbocycles. The van der Waals surface area contributed by atoms with Crippen molar-refractivity contribution in [2.75, 3.05) is 38.0 Å². The number of rotatable bonds is 2. The van der Waals surface area contributed by atoms with Crippen LogP contribution < -0.4 is 10.6 Å². The van der Waals surface area contributed by atoms with Crippen LogP contribution in [0.2, 0.25) is 0 Å². The van der Waals surface area contributed by atoms with Crippen LogP contribution in [0.4, 0.5) is 5.82 Å². The molecule has 0 radical (unpaired) electrons. The van der Waals surface area contributed by atoms with Gasteiger partial charge in [-0.15, -0.1) is 0 Å². The quantitative estimate of drug-likeness (QED) is 0.837. The van der Waals surface area contributed by atoms with Crippen molar-refractivity contribution in [3.05, 3.63) is 23.4 Å². The van der Waals surface area contributed by atoms with Gasteiger partial charge in [0.2, 0.25) is 0 Å². The van der Waals surface area contributed by atoms with E-state index < -0.39 is 0 Å². The molecular weight excluding hydrogens is 236 g/mol. The van der Waals surface area contributed by atoms with Crippen molar-refractivity contribution in [2.45, 2.75) is 25.8 Å². The van der Waals surface area contributed by atoms with Crippen LogP contribution in [-0.2, 0) is 13.0 Å². The van der Waals surface area contributed by atoms with Crippen LogP contribution in [0.15, 0.2) is 12.1 Å². The van der Waals surface area contributed by atoms with E-state index >= 15 is 0 Å².